The molecule has 0 saturated carbocycles. The van der Waals surface area contributed by atoms with Gasteiger partial charge in [-0.05, 0) is 23.3 Å². The maximum atomic E-state index is 12.9. The van der Waals surface area contributed by atoms with Gasteiger partial charge in [0.1, 0.15) is 0 Å². The first-order valence-corrected chi connectivity index (χ1v) is 11.0. The van der Waals surface area contributed by atoms with Crippen molar-refractivity contribution in [2.24, 2.45) is 0 Å². The molecule has 0 aliphatic heterocycles. The number of ether oxygens (including phenoxy) is 1. The molecule has 0 spiro atoms. The van der Waals surface area contributed by atoms with Crippen LogP contribution in [0.25, 0.3) is 0 Å². The molecule has 0 aliphatic carbocycles. The first kappa shape index (κ1) is 21.0. The topological polar surface area (TPSA) is 54.0 Å². The van der Waals surface area contributed by atoms with Gasteiger partial charge in [0.2, 0.25) is 0 Å². The van der Waals surface area contributed by atoms with E-state index in [4.69, 9.17) is 18.3 Å². The van der Waals surface area contributed by atoms with E-state index in [9.17, 15) is 4.57 Å². The van der Waals surface area contributed by atoms with Crippen LogP contribution in [-0.2, 0) is 36.1 Å². The van der Waals surface area contributed by atoms with Crippen molar-refractivity contribution >= 4 is 24.7 Å². The molecular weight excluding hydrogens is 371 g/mol. The highest BCUT2D eigenvalue weighted by Gasteiger charge is 2.27. The zero-order chi connectivity index (χ0) is 18.5. The van der Waals surface area contributed by atoms with Gasteiger partial charge in [0, 0.05) is 0 Å². The molecule has 0 atom stereocenters. The summed E-state index contributed by atoms with van der Waals surface area (Å²) in [5, 5.41) is 0. The van der Waals surface area contributed by atoms with Crippen molar-refractivity contribution in [3.8, 4) is 0 Å². The lowest BCUT2D eigenvalue weighted by Gasteiger charge is -2.17. The first-order chi connectivity index (χ1) is 12.7. The van der Waals surface area contributed by atoms with Gasteiger partial charge in [-0.1, -0.05) is 67.6 Å². The van der Waals surface area contributed by atoms with Crippen molar-refractivity contribution < 1.29 is 22.9 Å². The fraction of sp³-hybridized carbons (Fsp3) is 0.316. The second-order valence-electron chi connectivity index (χ2n) is 5.39. The fourth-order valence-electron chi connectivity index (χ4n) is 1.93. The van der Waals surface area contributed by atoms with E-state index in [2.05, 4.69) is 6.92 Å². The molecule has 7 heteroatoms. The molecule has 26 heavy (non-hydrogen) atoms. The first-order valence-electron chi connectivity index (χ1n) is 8.43. The van der Waals surface area contributed by atoms with Gasteiger partial charge in [-0.2, -0.15) is 11.4 Å². The maximum absolute atomic E-state index is 12.9. The molecule has 0 fully saturated rings. The predicted molar refractivity (Wildman–Crippen MR) is 107 cm³/mol. The largest absolute Gasteiger partial charge is 0.477 e. The molecule has 0 N–H and O–H groups in total. The average molecular weight is 396 g/mol. The summed E-state index contributed by atoms with van der Waals surface area (Å²) in [5.41, 5.74) is 3.39. The Morgan fingerprint density at radius 2 is 1.42 bits per heavy atom. The Kier molecular flexibility index (Phi) is 9.85. The van der Waals surface area contributed by atoms with E-state index < -0.39 is 7.82 Å². The lowest BCUT2D eigenvalue weighted by atomic mass is 10.2. The molecule has 0 heterocycles. The van der Waals surface area contributed by atoms with Crippen molar-refractivity contribution in [2.45, 2.75) is 26.6 Å². The van der Waals surface area contributed by atoms with E-state index in [1.54, 1.807) is 5.55 Å². The van der Waals surface area contributed by atoms with Crippen molar-refractivity contribution in [1.29, 1.82) is 0 Å². The molecular formula is C19H25O5PS. The highest BCUT2D eigenvalue weighted by molar-refractivity contribution is 7.97. The van der Waals surface area contributed by atoms with Gasteiger partial charge in [0.25, 0.3) is 0 Å². The van der Waals surface area contributed by atoms with Crippen LogP contribution >= 0.6 is 19.2 Å². The summed E-state index contributed by atoms with van der Waals surface area (Å²) in [6, 6.07) is 18.9. The van der Waals surface area contributed by atoms with Gasteiger partial charge in [-0.3, -0.25) is 13.6 Å². The summed E-state index contributed by atoms with van der Waals surface area (Å²) in [5.74, 6) is 1.01. The number of thiol groups is 1. The van der Waals surface area contributed by atoms with Crippen LogP contribution in [0.3, 0.4) is 0 Å². The van der Waals surface area contributed by atoms with Crippen molar-refractivity contribution in [2.75, 3.05) is 12.5 Å². The molecule has 0 unspecified atom stereocenters. The average Bonchev–Trinajstić information content (AvgIpc) is 2.69. The van der Waals surface area contributed by atoms with E-state index in [-0.39, 0.29) is 20.0 Å². The Labute approximate surface area is 158 Å². The van der Waals surface area contributed by atoms with Crippen LogP contribution in [0.2, 0.25) is 0 Å². The summed E-state index contributed by atoms with van der Waals surface area (Å²) >= 11 is 1.05. The summed E-state index contributed by atoms with van der Waals surface area (Å²) in [4.78, 5) is 0. The fourth-order valence-corrected chi connectivity index (χ4v) is 3.49. The number of phosphoric ester groups is 1. The van der Waals surface area contributed by atoms with Crippen LogP contribution in [0.15, 0.2) is 60.7 Å². The summed E-state index contributed by atoms with van der Waals surface area (Å²) in [6.45, 7) is 2.17. The molecule has 0 bridgehead atoms. The van der Waals surface area contributed by atoms with Gasteiger partial charge in [-0.25, -0.2) is 4.57 Å². The number of hydrogen-bond donors (Lipinski definition) is 1. The highest BCUT2D eigenvalue weighted by Crippen LogP contribution is 2.50. The molecule has 2 aromatic carbocycles. The highest BCUT2D eigenvalue weighted by atomic mass is 32.1. The molecule has 0 radical (unpaired) electrons. The quantitative estimate of drug-likeness (QED) is 0.177. The lowest BCUT2D eigenvalue weighted by molar-refractivity contribution is 0.0434. The molecule has 2 rings (SSSR count). The van der Waals surface area contributed by atoms with Crippen molar-refractivity contribution in [1.82, 2.24) is 0 Å². The summed E-state index contributed by atoms with van der Waals surface area (Å²) in [6.07, 6.45) is 1.07. The van der Waals surface area contributed by atoms with Crippen LogP contribution in [0.1, 0.15) is 24.5 Å². The standard InChI is InChI=1S/C19H25O5PS/c1-2-13-26-17-21-16-24-25(20,22-14-18-9-5-3-6-10-18)23-15-19-11-7-4-8-12-19/h3-12,17,26H,2,13-16H2,1H3. The third-order valence-electron chi connectivity index (χ3n) is 3.24. The third kappa shape index (κ3) is 8.41. The minimum absolute atomic E-state index is 0.130. The van der Waals surface area contributed by atoms with Crippen LogP contribution in [0, 0.1) is 0 Å². The maximum Gasteiger partial charge on any atom is 0.477 e. The minimum atomic E-state index is -3.75. The van der Waals surface area contributed by atoms with E-state index >= 15 is 0 Å². The number of benzene rings is 2. The zero-order valence-corrected chi connectivity index (χ0v) is 16.6. The van der Waals surface area contributed by atoms with Crippen LogP contribution in [0.5, 0.6) is 0 Å². The molecule has 142 valence electrons. The smallest absolute Gasteiger partial charge is 0.321 e. The van der Waals surface area contributed by atoms with E-state index in [0.29, 0.717) is 0 Å². The molecule has 0 amide bonds. The van der Waals surface area contributed by atoms with Crippen LogP contribution < -0.4 is 0 Å². The third-order valence-corrected chi connectivity index (χ3v) is 5.56. The number of phosphoric acid groups is 1. The SMILES string of the molecule is CCC[SH]=COCOP(=O)(OCc1ccccc1)OCc1ccccc1. The van der Waals surface area contributed by atoms with Gasteiger partial charge in [-0.15, -0.1) is 0 Å². The number of hydrogen-bond acceptors (Lipinski definition) is 5. The second kappa shape index (κ2) is 12.2. The van der Waals surface area contributed by atoms with E-state index in [0.717, 1.165) is 34.7 Å². The van der Waals surface area contributed by atoms with E-state index in [1.165, 1.54) is 0 Å². The van der Waals surface area contributed by atoms with Crippen LogP contribution in [0.4, 0.5) is 0 Å². The minimum Gasteiger partial charge on any atom is -0.321 e. The molecule has 2 aromatic rings. The van der Waals surface area contributed by atoms with Crippen LogP contribution in [-0.4, -0.2) is 18.1 Å². The number of rotatable bonds is 12. The Bertz CT molecular complexity index is 646. The molecule has 0 saturated heterocycles. The van der Waals surface area contributed by atoms with Gasteiger partial charge in [0.15, 0.2) is 6.79 Å². The normalized spacial score (nSPS) is 12.2. The van der Waals surface area contributed by atoms with Gasteiger partial charge < -0.3 is 4.74 Å². The lowest BCUT2D eigenvalue weighted by Crippen LogP contribution is -2.04. The van der Waals surface area contributed by atoms with E-state index in [1.807, 2.05) is 60.7 Å². The van der Waals surface area contributed by atoms with Crippen molar-refractivity contribution in [3.63, 3.8) is 0 Å². The van der Waals surface area contributed by atoms with Gasteiger partial charge in [0.05, 0.1) is 18.8 Å². The molecule has 5 nitrogen and oxygen atoms in total. The Morgan fingerprint density at radius 1 is 0.885 bits per heavy atom. The Hall–Kier alpha value is -1.27. The predicted octanol–water partition coefficient (Wildman–Crippen LogP) is 5.15. The summed E-state index contributed by atoms with van der Waals surface area (Å²) in [7, 11) is -3.75. The Morgan fingerprint density at radius 3 is 1.92 bits per heavy atom. The monoisotopic (exact) mass is 396 g/mol. The zero-order valence-electron chi connectivity index (χ0n) is 14.8. The van der Waals surface area contributed by atoms with Crippen molar-refractivity contribution in [3.05, 3.63) is 71.8 Å². The van der Waals surface area contributed by atoms with Gasteiger partial charge >= 0.3 is 7.82 Å². The molecule has 0 aliphatic rings. The second-order valence-corrected chi connectivity index (χ2v) is 8.08. The molecule has 0 aromatic heterocycles. The Balaban J connectivity index is 1.91. The summed E-state index contributed by atoms with van der Waals surface area (Å²) < 4.78 is 34.4.